The summed E-state index contributed by atoms with van der Waals surface area (Å²) < 4.78 is 0. The summed E-state index contributed by atoms with van der Waals surface area (Å²) in [7, 11) is 0. The lowest BCUT2D eigenvalue weighted by Crippen LogP contribution is -1.71. The topological polar surface area (TPSA) is 0 Å². The molecule has 0 rings (SSSR count). The minimum atomic E-state index is 1.19. The van der Waals surface area contributed by atoms with Crippen LogP contribution >= 0.6 is 0 Å². The lowest BCUT2D eigenvalue weighted by atomic mass is 10.2. The molecule has 0 aliphatic rings. The quantitative estimate of drug-likeness (QED) is 0.380. The normalized spacial score (nSPS) is 9.12. The summed E-state index contributed by atoms with van der Waals surface area (Å²) >= 11 is 0. The van der Waals surface area contributed by atoms with Gasteiger partial charge >= 0.3 is 0 Å². The van der Waals surface area contributed by atoms with Gasteiger partial charge in [0, 0.05) is 0 Å². The van der Waals surface area contributed by atoms with Crippen molar-refractivity contribution in [2.24, 2.45) is 0 Å². The molecular formula is C8H16. The van der Waals surface area contributed by atoms with E-state index < -0.39 is 0 Å². The van der Waals surface area contributed by atoms with Crippen molar-refractivity contribution in [1.29, 1.82) is 0 Å². The van der Waals surface area contributed by atoms with Gasteiger partial charge in [-0.1, -0.05) is 32.3 Å². The molecule has 48 valence electrons. The van der Waals surface area contributed by atoms with Crippen molar-refractivity contribution in [3.8, 4) is 0 Å². The summed E-state index contributed by atoms with van der Waals surface area (Å²) in [5, 5.41) is 0. The molecule has 0 N–H and O–H groups in total. The number of rotatable bonds is 5. The van der Waals surface area contributed by atoms with Crippen LogP contribution in [-0.4, -0.2) is 0 Å². The van der Waals surface area contributed by atoms with Gasteiger partial charge in [-0.15, -0.1) is 6.58 Å². The fraction of sp³-hybridized carbons (Fsp3) is 0.750. The second-order valence-corrected chi connectivity index (χ2v) is 2.14. The van der Waals surface area contributed by atoms with Gasteiger partial charge in [0.1, 0.15) is 0 Å². The molecule has 0 aromatic rings. The Kier molecular flexibility index (Phi) is 6.52. The summed E-state index contributed by atoms with van der Waals surface area (Å²) in [4.78, 5) is 0. The average molecular weight is 114 g/mol. The van der Waals surface area contributed by atoms with Crippen LogP contribution in [0.5, 0.6) is 0 Å². The van der Waals surface area contributed by atoms with E-state index in [4.69, 9.17) is 0 Å². The summed E-state index contributed by atoms with van der Waals surface area (Å²) in [6.45, 7) is 5.89. The first-order chi connectivity index (χ1) is 3.91. The van der Waals surface area contributed by atoms with Gasteiger partial charge in [0.2, 0.25) is 0 Å². The van der Waals surface area contributed by atoms with Crippen molar-refractivity contribution in [3.63, 3.8) is 0 Å². The van der Waals surface area contributed by atoms with Gasteiger partial charge in [-0.2, -0.15) is 0 Å². The molecule has 0 nitrogen and oxygen atoms in total. The predicted octanol–water partition coefficient (Wildman–Crippen LogP) is 3.14. The minimum absolute atomic E-state index is 1.19. The van der Waals surface area contributed by atoms with Crippen LogP contribution in [0.1, 0.15) is 39.0 Å². The van der Waals surface area contributed by atoms with Crippen molar-refractivity contribution in [1.82, 2.24) is 0 Å². The largest absolute Gasteiger partial charge is 0.103 e. The Labute approximate surface area is 52.6 Å². The van der Waals surface area contributed by atoms with E-state index in [1.54, 1.807) is 0 Å². The van der Waals surface area contributed by atoms with E-state index in [0.29, 0.717) is 0 Å². The minimum Gasteiger partial charge on any atom is -0.103 e. The zero-order valence-corrected chi connectivity index (χ0v) is 5.82. The first-order valence-corrected chi connectivity index (χ1v) is 3.52. The molecule has 0 amide bonds. The summed E-state index contributed by atoms with van der Waals surface area (Å²) in [6.07, 6.45) is 8.61. The Morgan fingerprint density at radius 1 is 1.50 bits per heavy atom. The van der Waals surface area contributed by atoms with Crippen LogP contribution in [0.4, 0.5) is 0 Å². The van der Waals surface area contributed by atoms with Crippen LogP contribution < -0.4 is 0 Å². The van der Waals surface area contributed by atoms with E-state index in [1.165, 1.54) is 32.1 Å². The standard InChI is InChI=1S/C8H16/c1-3-5-7-8-6-4-2/h3H,1,4-8H2,2H3/i5+2. The van der Waals surface area contributed by atoms with Crippen LogP contribution in [0.3, 0.4) is 0 Å². The predicted molar refractivity (Wildman–Crippen MR) is 39.0 cm³/mol. The summed E-state index contributed by atoms with van der Waals surface area (Å²) in [5.74, 6) is 0. The van der Waals surface area contributed by atoms with Gasteiger partial charge in [-0.25, -0.2) is 0 Å². The Bertz CT molecular complexity index is 46.0. The zero-order valence-electron chi connectivity index (χ0n) is 5.82. The van der Waals surface area contributed by atoms with Gasteiger partial charge in [-0.05, 0) is 12.8 Å². The van der Waals surface area contributed by atoms with Crippen molar-refractivity contribution >= 4 is 0 Å². The Balaban J connectivity index is 2.62. The molecule has 0 aromatic heterocycles. The Morgan fingerprint density at radius 2 is 2.25 bits per heavy atom. The first kappa shape index (κ1) is 7.74. The lowest BCUT2D eigenvalue weighted by molar-refractivity contribution is 0.675. The maximum atomic E-state index is 3.66. The van der Waals surface area contributed by atoms with Crippen LogP contribution in [0.25, 0.3) is 0 Å². The Hall–Kier alpha value is -0.260. The van der Waals surface area contributed by atoms with E-state index in [-0.39, 0.29) is 0 Å². The van der Waals surface area contributed by atoms with Crippen LogP contribution in [0, 0.1) is 0 Å². The van der Waals surface area contributed by atoms with Gasteiger partial charge in [0.05, 0.1) is 0 Å². The molecule has 0 bridgehead atoms. The molecule has 0 aliphatic heterocycles. The molecule has 8 heavy (non-hydrogen) atoms. The molecule has 0 saturated carbocycles. The molecule has 0 radical (unpaired) electrons. The monoisotopic (exact) mass is 114 g/mol. The summed E-state index contributed by atoms with van der Waals surface area (Å²) in [5.41, 5.74) is 0. The van der Waals surface area contributed by atoms with Crippen molar-refractivity contribution < 1.29 is 0 Å². The molecule has 0 spiro atoms. The maximum Gasteiger partial charge on any atom is -0.0353 e. The highest BCUT2D eigenvalue weighted by atomic mass is 14.8. The molecule has 0 aliphatic carbocycles. The van der Waals surface area contributed by atoms with Crippen LogP contribution in [0.15, 0.2) is 12.7 Å². The molecule has 0 heteroatoms. The third-order valence-corrected chi connectivity index (χ3v) is 1.26. The third-order valence-electron chi connectivity index (χ3n) is 1.26. The number of hydrogen-bond donors (Lipinski definition) is 0. The maximum absolute atomic E-state index is 3.66. The van der Waals surface area contributed by atoms with Crippen LogP contribution in [0.2, 0.25) is 0 Å². The van der Waals surface area contributed by atoms with Gasteiger partial charge in [0.25, 0.3) is 0 Å². The lowest BCUT2D eigenvalue weighted by Gasteiger charge is -1.91. The van der Waals surface area contributed by atoms with Gasteiger partial charge in [0.15, 0.2) is 0 Å². The van der Waals surface area contributed by atoms with Gasteiger partial charge in [-0.3, -0.25) is 0 Å². The molecule has 0 atom stereocenters. The van der Waals surface area contributed by atoms with Gasteiger partial charge < -0.3 is 0 Å². The highest BCUT2D eigenvalue weighted by Crippen LogP contribution is 2.01. The highest BCUT2D eigenvalue weighted by Gasteiger charge is 1.81. The van der Waals surface area contributed by atoms with Crippen molar-refractivity contribution in [2.75, 3.05) is 0 Å². The second kappa shape index (κ2) is 6.74. The fourth-order valence-electron chi connectivity index (χ4n) is 0.715. The molecule has 0 saturated heterocycles. The van der Waals surface area contributed by atoms with E-state index in [9.17, 15) is 0 Å². The smallest absolute Gasteiger partial charge is 0.0353 e. The number of allylic oxidation sites excluding steroid dienone is 1. The van der Waals surface area contributed by atoms with E-state index in [1.807, 2.05) is 6.08 Å². The van der Waals surface area contributed by atoms with Crippen LogP contribution in [-0.2, 0) is 0 Å². The number of hydrogen-bond acceptors (Lipinski definition) is 0. The SMILES string of the molecule is C=C[14CH2]CCCCC. The molecule has 0 heterocycles. The zero-order chi connectivity index (χ0) is 6.24. The second-order valence-electron chi connectivity index (χ2n) is 2.14. The average Bonchev–Trinajstić information content (AvgIpc) is 1.81. The third kappa shape index (κ3) is 5.74. The molecular weight excluding hydrogens is 98.1 g/mol. The number of unbranched alkanes of at least 4 members (excludes halogenated alkanes) is 4. The summed E-state index contributed by atoms with van der Waals surface area (Å²) in [6, 6.07) is 0. The highest BCUT2D eigenvalue weighted by molar-refractivity contribution is 4.64. The molecule has 0 unspecified atom stereocenters. The van der Waals surface area contributed by atoms with Crippen molar-refractivity contribution in [3.05, 3.63) is 12.7 Å². The Morgan fingerprint density at radius 3 is 2.75 bits per heavy atom. The van der Waals surface area contributed by atoms with E-state index >= 15 is 0 Å². The van der Waals surface area contributed by atoms with Crippen molar-refractivity contribution in [2.45, 2.75) is 39.0 Å². The first-order valence-electron chi connectivity index (χ1n) is 3.52. The fourth-order valence-corrected chi connectivity index (χ4v) is 0.715. The van der Waals surface area contributed by atoms with E-state index in [0.717, 1.165) is 0 Å². The molecule has 0 fully saturated rings. The molecule has 0 aromatic carbocycles. The van der Waals surface area contributed by atoms with E-state index in [2.05, 4.69) is 13.5 Å².